The van der Waals surface area contributed by atoms with Gasteiger partial charge in [0.15, 0.2) is 11.5 Å². The molecule has 1 aromatic heterocycles. The molecule has 0 spiro atoms. The first kappa shape index (κ1) is 20.8. The number of hydrogen-bond acceptors (Lipinski definition) is 6. The maximum absolute atomic E-state index is 14.4. The molecular formula is C24H17FN2O5S. The third-order valence-corrected chi connectivity index (χ3v) is 6.10. The van der Waals surface area contributed by atoms with Crippen LogP contribution in [-0.4, -0.2) is 30.1 Å². The summed E-state index contributed by atoms with van der Waals surface area (Å²) in [6, 6.07) is 15.2. The Morgan fingerprint density at radius 2 is 1.70 bits per heavy atom. The number of carbonyl (C=O) groups excluding carboxylic acids is 2. The number of phenolic OH excluding ortho intramolecular Hbond substituents is 1. The fraction of sp³-hybridized carbons (Fsp3) is 0.0833. The van der Waals surface area contributed by atoms with Crippen molar-refractivity contribution in [2.45, 2.75) is 0 Å². The molecule has 7 nitrogen and oxygen atoms in total. The van der Waals surface area contributed by atoms with E-state index in [4.69, 9.17) is 9.47 Å². The summed E-state index contributed by atoms with van der Waals surface area (Å²) < 4.78 is 26.1. The van der Waals surface area contributed by atoms with Gasteiger partial charge in [-0.2, -0.15) is 0 Å². The van der Waals surface area contributed by atoms with Gasteiger partial charge in [-0.1, -0.05) is 0 Å². The van der Waals surface area contributed by atoms with E-state index >= 15 is 0 Å². The van der Waals surface area contributed by atoms with Gasteiger partial charge in [-0.15, -0.1) is 11.3 Å². The lowest BCUT2D eigenvalue weighted by molar-refractivity contribution is 0.102. The molecule has 3 aromatic carbocycles. The van der Waals surface area contributed by atoms with E-state index in [9.17, 15) is 19.1 Å². The van der Waals surface area contributed by atoms with Crippen molar-refractivity contribution >= 4 is 44.6 Å². The van der Waals surface area contributed by atoms with Gasteiger partial charge in [-0.3, -0.25) is 9.59 Å². The monoisotopic (exact) mass is 464 g/mol. The molecule has 33 heavy (non-hydrogen) atoms. The largest absolute Gasteiger partial charge is 0.508 e. The SMILES string of the molecule is O=C(Nc1ccc(F)c(NC(=O)c2cc3ccc(O)cc3s2)c1)c1ccc2c(c1)OCCO2. The number of amides is 2. The van der Waals surface area contributed by atoms with Gasteiger partial charge in [0.1, 0.15) is 24.8 Å². The Morgan fingerprint density at radius 1 is 0.879 bits per heavy atom. The predicted molar refractivity (Wildman–Crippen MR) is 123 cm³/mol. The van der Waals surface area contributed by atoms with Gasteiger partial charge in [-0.25, -0.2) is 4.39 Å². The molecule has 2 heterocycles. The Hall–Kier alpha value is -4.11. The van der Waals surface area contributed by atoms with E-state index in [1.807, 2.05) is 0 Å². The second-order valence-corrected chi connectivity index (χ2v) is 8.38. The molecule has 5 rings (SSSR count). The first-order valence-electron chi connectivity index (χ1n) is 10.0. The second-order valence-electron chi connectivity index (χ2n) is 7.29. The van der Waals surface area contributed by atoms with Crippen molar-refractivity contribution < 1.29 is 28.6 Å². The number of hydrogen-bond donors (Lipinski definition) is 3. The molecule has 0 atom stereocenters. The zero-order chi connectivity index (χ0) is 22.9. The van der Waals surface area contributed by atoms with Crippen LogP contribution in [0, 0.1) is 5.82 Å². The number of halogens is 1. The number of nitrogens with one attached hydrogen (secondary N) is 2. The van der Waals surface area contributed by atoms with Crippen molar-refractivity contribution in [1.29, 1.82) is 0 Å². The first-order chi connectivity index (χ1) is 16.0. The summed E-state index contributed by atoms with van der Waals surface area (Å²) in [5, 5.41) is 15.6. The molecule has 166 valence electrons. The second kappa shape index (κ2) is 8.44. The van der Waals surface area contributed by atoms with Crippen LogP contribution < -0.4 is 20.1 Å². The Bertz CT molecular complexity index is 1400. The molecule has 0 saturated heterocycles. The Labute approximate surface area is 191 Å². The van der Waals surface area contributed by atoms with E-state index in [1.165, 1.54) is 29.5 Å². The van der Waals surface area contributed by atoms with Gasteiger partial charge in [0, 0.05) is 16.0 Å². The summed E-state index contributed by atoms with van der Waals surface area (Å²) in [6.45, 7) is 0.854. The number of rotatable bonds is 4. The number of aromatic hydroxyl groups is 1. The van der Waals surface area contributed by atoms with Crippen molar-refractivity contribution in [3.63, 3.8) is 0 Å². The summed E-state index contributed by atoms with van der Waals surface area (Å²) in [5.41, 5.74) is 0.593. The van der Waals surface area contributed by atoms with E-state index in [2.05, 4.69) is 10.6 Å². The highest BCUT2D eigenvalue weighted by Crippen LogP contribution is 2.32. The van der Waals surface area contributed by atoms with E-state index in [0.717, 1.165) is 16.2 Å². The van der Waals surface area contributed by atoms with Crippen LogP contribution in [0.3, 0.4) is 0 Å². The molecule has 2 amide bonds. The number of ether oxygens (including phenoxy) is 2. The minimum atomic E-state index is -0.639. The standard InChI is InChI=1S/C24H17FN2O5S/c25-17-5-3-15(26-23(29)14-2-6-19-20(9-14)32-8-7-31-19)11-18(17)27-24(30)22-10-13-1-4-16(28)12-21(13)33-22/h1-6,9-12,28H,7-8H2,(H,26,29)(H,27,30). The van der Waals surface area contributed by atoms with Crippen LogP contribution in [0.1, 0.15) is 20.0 Å². The number of carbonyl (C=O) groups is 2. The van der Waals surface area contributed by atoms with Crippen molar-refractivity contribution in [3.8, 4) is 17.2 Å². The Balaban J connectivity index is 1.33. The third-order valence-electron chi connectivity index (χ3n) is 5.00. The fourth-order valence-corrected chi connectivity index (χ4v) is 4.39. The average molecular weight is 464 g/mol. The van der Waals surface area contributed by atoms with Crippen LogP contribution in [0.4, 0.5) is 15.8 Å². The highest BCUT2D eigenvalue weighted by atomic mass is 32.1. The van der Waals surface area contributed by atoms with E-state index in [1.54, 1.807) is 36.4 Å². The van der Waals surface area contributed by atoms with Gasteiger partial charge < -0.3 is 25.2 Å². The molecule has 0 unspecified atom stereocenters. The maximum atomic E-state index is 14.4. The summed E-state index contributed by atoms with van der Waals surface area (Å²) in [5.74, 6) is -0.396. The van der Waals surface area contributed by atoms with Gasteiger partial charge in [0.05, 0.1) is 10.6 Å². The van der Waals surface area contributed by atoms with E-state index < -0.39 is 17.6 Å². The zero-order valence-corrected chi connectivity index (χ0v) is 17.9. The van der Waals surface area contributed by atoms with E-state index in [0.29, 0.717) is 40.8 Å². The van der Waals surface area contributed by atoms with Gasteiger partial charge in [-0.05, 0) is 66.0 Å². The Kier molecular flexibility index (Phi) is 5.31. The number of anilines is 2. The Morgan fingerprint density at radius 3 is 2.55 bits per heavy atom. The predicted octanol–water partition coefficient (Wildman–Crippen LogP) is 5.02. The molecule has 0 fully saturated rings. The zero-order valence-electron chi connectivity index (χ0n) is 17.1. The third kappa shape index (κ3) is 4.31. The molecule has 1 aliphatic heterocycles. The minimum Gasteiger partial charge on any atom is -0.508 e. The van der Waals surface area contributed by atoms with Gasteiger partial charge >= 0.3 is 0 Å². The molecule has 9 heteroatoms. The smallest absolute Gasteiger partial charge is 0.265 e. The minimum absolute atomic E-state index is 0.0692. The van der Waals surface area contributed by atoms with Crippen LogP contribution in [0.25, 0.3) is 10.1 Å². The molecular weight excluding hydrogens is 447 g/mol. The molecule has 3 N–H and O–H groups in total. The van der Waals surface area contributed by atoms with Gasteiger partial charge in [0.25, 0.3) is 11.8 Å². The highest BCUT2D eigenvalue weighted by Gasteiger charge is 2.17. The van der Waals surface area contributed by atoms with Crippen LogP contribution in [0.2, 0.25) is 0 Å². The highest BCUT2D eigenvalue weighted by molar-refractivity contribution is 7.20. The molecule has 4 aromatic rings. The van der Waals surface area contributed by atoms with Gasteiger partial charge in [0.2, 0.25) is 0 Å². The van der Waals surface area contributed by atoms with E-state index in [-0.39, 0.29) is 11.4 Å². The van der Waals surface area contributed by atoms with Crippen molar-refractivity contribution in [1.82, 2.24) is 0 Å². The molecule has 0 saturated carbocycles. The van der Waals surface area contributed by atoms with Crippen LogP contribution in [0.5, 0.6) is 17.2 Å². The lowest BCUT2D eigenvalue weighted by Crippen LogP contribution is -2.17. The van der Waals surface area contributed by atoms with Crippen molar-refractivity contribution in [3.05, 3.63) is 76.9 Å². The normalized spacial score (nSPS) is 12.4. The molecule has 0 radical (unpaired) electrons. The summed E-state index contributed by atoms with van der Waals surface area (Å²) in [7, 11) is 0. The maximum Gasteiger partial charge on any atom is 0.265 e. The number of fused-ring (bicyclic) bond motifs is 2. The lowest BCUT2D eigenvalue weighted by Gasteiger charge is -2.18. The number of thiophene rings is 1. The summed E-state index contributed by atoms with van der Waals surface area (Å²) in [4.78, 5) is 25.7. The van der Waals surface area contributed by atoms with Crippen LogP contribution in [0.15, 0.2) is 60.7 Å². The first-order valence-corrected chi connectivity index (χ1v) is 10.8. The fourth-order valence-electron chi connectivity index (χ4n) is 3.40. The van der Waals surface area contributed by atoms with Crippen molar-refractivity contribution in [2.24, 2.45) is 0 Å². The van der Waals surface area contributed by atoms with Crippen LogP contribution in [-0.2, 0) is 0 Å². The molecule has 0 aliphatic carbocycles. The van der Waals surface area contributed by atoms with Crippen LogP contribution >= 0.6 is 11.3 Å². The molecule has 0 bridgehead atoms. The lowest BCUT2D eigenvalue weighted by atomic mass is 10.1. The number of phenols is 1. The topological polar surface area (TPSA) is 96.9 Å². The molecule has 1 aliphatic rings. The number of benzene rings is 3. The van der Waals surface area contributed by atoms with Crippen molar-refractivity contribution in [2.75, 3.05) is 23.8 Å². The average Bonchev–Trinajstić information content (AvgIpc) is 3.24. The summed E-state index contributed by atoms with van der Waals surface area (Å²) >= 11 is 1.18. The quantitative estimate of drug-likeness (QED) is 0.394. The summed E-state index contributed by atoms with van der Waals surface area (Å²) in [6.07, 6.45) is 0.